The molecule has 1 unspecified atom stereocenters. The SMILES string of the molecule is C=CCOc1ccc(C2C(=C(O)c3ccc4c(c3)OCCO4)C(=O)C(=O)N2CCCOC)cc1. The fraction of sp³-hybridized carbons (Fsp3) is 0.308. The molecular weight excluding hydrogens is 438 g/mol. The minimum absolute atomic E-state index is 0.0267. The molecule has 2 aromatic carbocycles. The van der Waals surface area contributed by atoms with Gasteiger partial charge in [-0.1, -0.05) is 24.8 Å². The van der Waals surface area contributed by atoms with Gasteiger partial charge in [-0.05, 0) is 42.3 Å². The number of Topliss-reactive ketones (excluding diaryl/α,β-unsaturated/α-hetero) is 1. The van der Waals surface area contributed by atoms with Crippen molar-refractivity contribution in [3.63, 3.8) is 0 Å². The lowest BCUT2D eigenvalue weighted by Gasteiger charge is -2.25. The lowest BCUT2D eigenvalue weighted by Crippen LogP contribution is -2.31. The second kappa shape index (κ2) is 10.4. The Labute approximate surface area is 198 Å². The van der Waals surface area contributed by atoms with Gasteiger partial charge in [-0.25, -0.2) is 0 Å². The van der Waals surface area contributed by atoms with E-state index < -0.39 is 17.7 Å². The summed E-state index contributed by atoms with van der Waals surface area (Å²) in [6, 6.07) is 11.3. The van der Waals surface area contributed by atoms with Crippen molar-refractivity contribution in [3.8, 4) is 17.2 Å². The molecule has 2 aromatic rings. The predicted octanol–water partition coefficient (Wildman–Crippen LogP) is 3.48. The van der Waals surface area contributed by atoms with Gasteiger partial charge in [0.15, 0.2) is 11.5 Å². The number of nitrogens with zero attached hydrogens (tertiary/aromatic N) is 1. The zero-order valence-corrected chi connectivity index (χ0v) is 19.0. The summed E-state index contributed by atoms with van der Waals surface area (Å²) in [5, 5.41) is 11.2. The molecule has 1 fully saturated rings. The number of carbonyl (C=O) groups is 2. The molecule has 0 aliphatic carbocycles. The highest BCUT2D eigenvalue weighted by Gasteiger charge is 2.45. The van der Waals surface area contributed by atoms with Crippen molar-refractivity contribution in [1.29, 1.82) is 0 Å². The molecule has 4 rings (SSSR count). The fourth-order valence-electron chi connectivity index (χ4n) is 4.08. The average Bonchev–Trinajstić information content (AvgIpc) is 3.12. The van der Waals surface area contributed by atoms with Crippen LogP contribution >= 0.6 is 0 Å². The quantitative estimate of drug-likeness (QED) is 0.199. The van der Waals surface area contributed by atoms with Gasteiger partial charge in [0.05, 0.1) is 11.6 Å². The van der Waals surface area contributed by atoms with Gasteiger partial charge < -0.3 is 29.0 Å². The van der Waals surface area contributed by atoms with E-state index in [9.17, 15) is 14.7 Å². The summed E-state index contributed by atoms with van der Waals surface area (Å²) in [5.41, 5.74) is 1.08. The lowest BCUT2D eigenvalue weighted by atomic mass is 9.95. The molecular formula is C26H27NO7. The maximum atomic E-state index is 13.1. The highest BCUT2D eigenvalue weighted by atomic mass is 16.6. The van der Waals surface area contributed by atoms with Crippen molar-refractivity contribution in [2.24, 2.45) is 0 Å². The predicted molar refractivity (Wildman–Crippen MR) is 125 cm³/mol. The average molecular weight is 466 g/mol. The van der Waals surface area contributed by atoms with Crippen LogP contribution in [0.15, 0.2) is 60.7 Å². The summed E-state index contributed by atoms with van der Waals surface area (Å²) in [6.07, 6.45) is 2.19. The highest BCUT2D eigenvalue weighted by molar-refractivity contribution is 6.46. The number of hydrogen-bond donors (Lipinski definition) is 1. The smallest absolute Gasteiger partial charge is 0.295 e. The van der Waals surface area contributed by atoms with Crippen LogP contribution in [0, 0.1) is 0 Å². The molecule has 2 aliphatic heterocycles. The Bertz CT molecular complexity index is 1110. The van der Waals surface area contributed by atoms with E-state index in [-0.39, 0.29) is 11.3 Å². The first-order valence-electron chi connectivity index (χ1n) is 11.1. The van der Waals surface area contributed by atoms with E-state index in [1.807, 2.05) is 0 Å². The molecule has 1 amide bonds. The number of likely N-dealkylation sites (tertiary alicyclic amines) is 1. The number of carbonyl (C=O) groups excluding carboxylic acids is 2. The normalized spacial score (nSPS) is 18.7. The number of hydrogen-bond acceptors (Lipinski definition) is 7. The molecule has 0 aromatic heterocycles. The third-order valence-corrected chi connectivity index (χ3v) is 5.67. The van der Waals surface area contributed by atoms with E-state index in [0.29, 0.717) is 67.8 Å². The maximum Gasteiger partial charge on any atom is 0.295 e. The molecule has 0 saturated carbocycles. The van der Waals surface area contributed by atoms with Gasteiger partial charge in [-0.15, -0.1) is 0 Å². The topological polar surface area (TPSA) is 94.5 Å². The summed E-state index contributed by atoms with van der Waals surface area (Å²) in [4.78, 5) is 27.6. The van der Waals surface area contributed by atoms with Crippen molar-refractivity contribution < 1.29 is 33.6 Å². The Morgan fingerprint density at radius 2 is 1.88 bits per heavy atom. The van der Waals surface area contributed by atoms with Crippen LogP contribution in [0.25, 0.3) is 5.76 Å². The molecule has 1 saturated heterocycles. The molecule has 0 radical (unpaired) electrons. The second-order valence-corrected chi connectivity index (χ2v) is 7.87. The number of amides is 1. The third-order valence-electron chi connectivity index (χ3n) is 5.67. The standard InChI is InChI=1S/C26H27NO7/c1-3-12-32-19-8-5-17(6-9-19)23-22(25(29)26(30)27(23)11-4-13-31-2)24(28)18-7-10-20-21(16-18)34-15-14-33-20/h3,5-10,16,23,28H,1,4,11-15H2,2H3. The zero-order valence-electron chi connectivity index (χ0n) is 19.0. The monoisotopic (exact) mass is 465 g/mol. The summed E-state index contributed by atoms with van der Waals surface area (Å²) in [7, 11) is 1.58. The van der Waals surface area contributed by atoms with Crippen LogP contribution in [0.5, 0.6) is 17.2 Å². The number of rotatable bonds is 9. The highest BCUT2D eigenvalue weighted by Crippen LogP contribution is 2.41. The van der Waals surface area contributed by atoms with Gasteiger partial charge in [0.25, 0.3) is 11.7 Å². The van der Waals surface area contributed by atoms with Crippen LogP contribution < -0.4 is 14.2 Å². The van der Waals surface area contributed by atoms with E-state index in [4.69, 9.17) is 18.9 Å². The summed E-state index contributed by atoms with van der Waals surface area (Å²) >= 11 is 0. The number of benzene rings is 2. The van der Waals surface area contributed by atoms with Gasteiger partial charge in [-0.3, -0.25) is 9.59 Å². The van der Waals surface area contributed by atoms with Crippen molar-refractivity contribution in [1.82, 2.24) is 4.90 Å². The largest absolute Gasteiger partial charge is 0.507 e. The van der Waals surface area contributed by atoms with E-state index >= 15 is 0 Å². The molecule has 1 atom stereocenters. The Morgan fingerprint density at radius 1 is 1.15 bits per heavy atom. The molecule has 2 heterocycles. The van der Waals surface area contributed by atoms with Crippen LogP contribution in [0.4, 0.5) is 0 Å². The van der Waals surface area contributed by atoms with Gasteiger partial charge in [0.1, 0.15) is 31.3 Å². The number of aliphatic hydroxyl groups excluding tert-OH is 1. The number of ketones is 1. The first kappa shape index (κ1) is 23.4. The summed E-state index contributed by atoms with van der Waals surface area (Å²) in [6.45, 7) is 5.57. The van der Waals surface area contributed by atoms with Crippen LogP contribution in [-0.2, 0) is 14.3 Å². The maximum absolute atomic E-state index is 13.1. The van der Waals surface area contributed by atoms with Crippen LogP contribution in [-0.4, -0.2) is 61.8 Å². The van der Waals surface area contributed by atoms with Crippen LogP contribution in [0.3, 0.4) is 0 Å². The van der Waals surface area contributed by atoms with Gasteiger partial charge in [-0.2, -0.15) is 0 Å². The van der Waals surface area contributed by atoms with Crippen molar-refractivity contribution >= 4 is 17.4 Å². The number of aliphatic hydroxyl groups is 1. The van der Waals surface area contributed by atoms with E-state index in [1.54, 1.807) is 55.7 Å². The van der Waals surface area contributed by atoms with E-state index in [0.717, 1.165) is 0 Å². The molecule has 0 spiro atoms. The Kier molecular flexibility index (Phi) is 7.18. The Balaban J connectivity index is 1.75. The molecule has 1 N–H and O–H groups in total. The van der Waals surface area contributed by atoms with E-state index in [2.05, 4.69) is 6.58 Å². The number of ether oxygens (including phenoxy) is 4. The molecule has 178 valence electrons. The molecule has 8 heteroatoms. The Morgan fingerprint density at radius 3 is 2.59 bits per heavy atom. The van der Waals surface area contributed by atoms with Crippen molar-refractivity contribution in [2.45, 2.75) is 12.5 Å². The molecule has 8 nitrogen and oxygen atoms in total. The first-order valence-corrected chi connectivity index (χ1v) is 11.1. The molecule has 2 aliphatic rings. The molecule has 34 heavy (non-hydrogen) atoms. The Hall–Kier alpha value is -3.78. The van der Waals surface area contributed by atoms with Gasteiger partial charge >= 0.3 is 0 Å². The first-order chi connectivity index (χ1) is 16.5. The third kappa shape index (κ3) is 4.63. The summed E-state index contributed by atoms with van der Waals surface area (Å²) < 4.78 is 21.8. The summed E-state index contributed by atoms with van der Waals surface area (Å²) in [5.74, 6) is 0.0155. The van der Waals surface area contributed by atoms with Crippen molar-refractivity contribution in [2.75, 3.05) is 40.1 Å². The van der Waals surface area contributed by atoms with Crippen LogP contribution in [0.1, 0.15) is 23.6 Å². The van der Waals surface area contributed by atoms with Crippen molar-refractivity contribution in [3.05, 3.63) is 71.8 Å². The minimum Gasteiger partial charge on any atom is -0.507 e. The minimum atomic E-state index is -0.751. The van der Waals surface area contributed by atoms with Gasteiger partial charge in [0.2, 0.25) is 0 Å². The lowest BCUT2D eigenvalue weighted by molar-refractivity contribution is -0.140. The molecule has 0 bridgehead atoms. The van der Waals surface area contributed by atoms with Gasteiger partial charge in [0, 0.05) is 25.8 Å². The number of methoxy groups -OCH3 is 1. The number of fused-ring (bicyclic) bond motifs is 1. The zero-order chi connectivity index (χ0) is 24.1. The second-order valence-electron chi connectivity index (χ2n) is 7.87. The van der Waals surface area contributed by atoms with E-state index in [1.165, 1.54) is 4.90 Å². The fourth-order valence-corrected chi connectivity index (χ4v) is 4.08. The van der Waals surface area contributed by atoms with Crippen LogP contribution in [0.2, 0.25) is 0 Å².